The van der Waals surface area contributed by atoms with E-state index < -0.39 is 0 Å². The van der Waals surface area contributed by atoms with Crippen molar-refractivity contribution in [1.82, 2.24) is 19.8 Å². The van der Waals surface area contributed by atoms with Gasteiger partial charge in [0, 0.05) is 25.7 Å². The summed E-state index contributed by atoms with van der Waals surface area (Å²) in [6, 6.07) is 16.8. The highest BCUT2D eigenvalue weighted by molar-refractivity contribution is 5.78. The van der Waals surface area contributed by atoms with Gasteiger partial charge >= 0.3 is 6.09 Å². The summed E-state index contributed by atoms with van der Waals surface area (Å²) in [5.41, 5.74) is 10.5. The molecule has 2 heterocycles. The van der Waals surface area contributed by atoms with Crippen molar-refractivity contribution >= 4 is 23.1 Å². The van der Waals surface area contributed by atoms with E-state index in [1.807, 2.05) is 31.5 Å². The summed E-state index contributed by atoms with van der Waals surface area (Å²) >= 11 is 0. The molecule has 0 aliphatic carbocycles. The summed E-state index contributed by atoms with van der Waals surface area (Å²) < 4.78 is 7.21. The number of nitrogens with two attached hydrogens (primary N) is 1. The van der Waals surface area contributed by atoms with Crippen molar-refractivity contribution in [2.24, 2.45) is 10.7 Å². The zero-order chi connectivity index (χ0) is 22.3. The van der Waals surface area contributed by atoms with Gasteiger partial charge in [-0.15, -0.1) is 0 Å². The fraction of sp³-hybridized carbons (Fsp3) is 0.375. The van der Waals surface area contributed by atoms with E-state index in [0.29, 0.717) is 32.2 Å². The van der Waals surface area contributed by atoms with Crippen LogP contribution in [0.5, 0.6) is 0 Å². The third-order valence-corrected chi connectivity index (χ3v) is 5.71. The number of hydrogen-bond donors (Lipinski definition) is 2. The summed E-state index contributed by atoms with van der Waals surface area (Å²) in [5, 5.41) is 3.28. The van der Waals surface area contributed by atoms with Gasteiger partial charge in [0.1, 0.15) is 0 Å². The third-order valence-electron chi connectivity index (χ3n) is 5.71. The Morgan fingerprint density at radius 2 is 1.88 bits per heavy atom. The van der Waals surface area contributed by atoms with E-state index in [4.69, 9.17) is 10.5 Å². The van der Waals surface area contributed by atoms with Crippen LogP contribution in [0.4, 0.5) is 4.79 Å². The Hall–Kier alpha value is -3.55. The second-order valence-corrected chi connectivity index (χ2v) is 7.98. The second-order valence-electron chi connectivity index (χ2n) is 7.98. The van der Waals surface area contributed by atoms with Gasteiger partial charge in [-0.1, -0.05) is 36.4 Å². The smallest absolute Gasteiger partial charge is 0.409 e. The van der Waals surface area contributed by atoms with Crippen LogP contribution in [0.2, 0.25) is 0 Å². The summed E-state index contributed by atoms with van der Waals surface area (Å²) in [7, 11) is 0. The molecule has 0 atom stereocenters. The van der Waals surface area contributed by atoms with Crippen LogP contribution >= 0.6 is 0 Å². The number of para-hydroxylation sites is 2. The molecule has 4 rings (SSSR count). The van der Waals surface area contributed by atoms with Gasteiger partial charge in [0.15, 0.2) is 5.96 Å². The molecular weight excluding hydrogens is 404 g/mol. The van der Waals surface area contributed by atoms with Gasteiger partial charge in [0.25, 0.3) is 0 Å². The molecule has 3 N–H and O–H groups in total. The quantitative estimate of drug-likeness (QED) is 0.459. The van der Waals surface area contributed by atoms with Crippen LogP contribution in [0, 0.1) is 0 Å². The number of guanidine groups is 1. The van der Waals surface area contributed by atoms with Crippen LogP contribution in [0.25, 0.3) is 11.0 Å². The molecule has 0 saturated carbocycles. The summed E-state index contributed by atoms with van der Waals surface area (Å²) in [6.07, 6.45) is 3.29. The van der Waals surface area contributed by atoms with E-state index >= 15 is 0 Å². The highest BCUT2D eigenvalue weighted by Crippen LogP contribution is 2.15. The first-order chi connectivity index (χ1) is 15.6. The predicted octanol–water partition coefficient (Wildman–Crippen LogP) is 3.11. The molecule has 0 spiro atoms. The minimum atomic E-state index is -0.239. The van der Waals surface area contributed by atoms with Crippen molar-refractivity contribution in [2.75, 3.05) is 19.7 Å². The molecule has 3 aromatic rings. The number of nitrogens with zero attached hydrogens (tertiary/aromatic N) is 4. The van der Waals surface area contributed by atoms with E-state index in [2.05, 4.69) is 50.2 Å². The predicted molar refractivity (Wildman–Crippen MR) is 125 cm³/mol. The van der Waals surface area contributed by atoms with Crippen molar-refractivity contribution in [3.63, 3.8) is 0 Å². The maximum atomic E-state index is 11.8. The van der Waals surface area contributed by atoms with Crippen molar-refractivity contribution in [2.45, 2.75) is 38.9 Å². The maximum Gasteiger partial charge on any atom is 0.409 e. The molecule has 1 amide bonds. The minimum Gasteiger partial charge on any atom is -0.450 e. The number of nitrogens with one attached hydrogen (secondary N) is 1. The van der Waals surface area contributed by atoms with E-state index in [1.165, 1.54) is 5.56 Å². The molecule has 8 heteroatoms. The summed E-state index contributed by atoms with van der Waals surface area (Å²) in [4.78, 5) is 22.5. The van der Waals surface area contributed by atoms with Gasteiger partial charge in [0.2, 0.25) is 0 Å². The van der Waals surface area contributed by atoms with E-state index in [1.54, 1.807) is 4.90 Å². The zero-order valence-corrected chi connectivity index (χ0v) is 18.4. The SMILES string of the molecule is CCOC(=O)N1CCC(NC(N)=NCc2ccc(Cn3cnc4ccccc43)cc2)CC1. The average Bonchev–Trinajstić information content (AvgIpc) is 3.22. The molecule has 32 heavy (non-hydrogen) atoms. The standard InChI is InChI=1S/C24H30N6O2/c1-2-32-24(31)29-13-11-20(12-14-29)28-23(25)26-15-18-7-9-19(10-8-18)16-30-17-27-21-5-3-4-6-22(21)30/h3-10,17,20H,2,11-16H2,1H3,(H3,25,26,28). The third kappa shape index (κ3) is 5.38. The van der Waals surface area contributed by atoms with Crippen molar-refractivity contribution in [3.05, 3.63) is 66.0 Å². The lowest BCUT2D eigenvalue weighted by molar-refractivity contribution is 0.0963. The van der Waals surface area contributed by atoms with Crippen LogP contribution in [0.3, 0.4) is 0 Å². The largest absolute Gasteiger partial charge is 0.450 e. The number of likely N-dealkylation sites (tertiary alicyclic amines) is 1. The molecule has 1 aromatic heterocycles. The van der Waals surface area contributed by atoms with Gasteiger partial charge in [-0.2, -0.15) is 0 Å². The van der Waals surface area contributed by atoms with Crippen LogP contribution in [0.15, 0.2) is 59.9 Å². The Morgan fingerprint density at radius 1 is 1.16 bits per heavy atom. The number of carbonyl (C=O) groups is 1. The molecule has 8 nitrogen and oxygen atoms in total. The number of carbonyl (C=O) groups excluding carboxylic acids is 1. The number of ether oxygens (including phenoxy) is 1. The number of imidazole rings is 1. The lowest BCUT2D eigenvalue weighted by atomic mass is 10.1. The maximum absolute atomic E-state index is 11.8. The Morgan fingerprint density at radius 3 is 2.62 bits per heavy atom. The first-order valence-electron chi connectivity index (χ1n) is 11.1. The summed E-state index contributed by atoms with van der Waals surface area (Å²) in [5.74, 6) is 0.438. The molecular formula is C24H30N6O2. The van der Waals surface area contributed by atoms with Gasteiger partial charge in [-0.05, 0) is 43.0 Å². The van der Waals surface area contributed by atoms with E-state index in [9.17, 15) is 4.79 Å². The molecule has 1 saturated heterocycles. The Bertz CT molecular complexity index is 1070. The van der Waals surface area contributed by atoms with Crippen molar-refractivity contribution in [3.8, 4) is 0 Å². The van der Waals surface area contributed by atoms with Crippen LogP contribution < -0.4 is 11.1 Å². The highest BCUT2D eigenvalue weighted by atomic mass is 16.6. The molecule has 1 aliphatic heterocycles. The molecule has 168 valence electrons. The van der Waals surface area contributed by atoms with Crippen molar-refractivity contribution in [1.29, 1.82) is 0 Å². The van der Waals surface area contributed by atoms with E-state index in [-0.39, 0.29) is 12.1 Å². The lowest BCUT2D eigenvalue weighted by Gasteiger charge is -2.31. The molecule has 1 aliphatic rings. The number of amides is 1. The number of benzene rings is 2. The molecule has 0 radical (unpaired) electrons. The Balaban J connectivity index is 1.26. The number of rotatable bonds is 6. The number of aromatic nitrogens is 2. The second kappa shape index (κ2) is 10.2. The monoisotopic (exact) mass is 434 g/mol. The van der Waals surface area contributed by atoms with Gasteiger partial charge < -0.3 is 25.3 Å². The Kier molecular flexibility index (Phi) is 6.89. The van der Waals surface area contributed by atoms with Crippen LogP contribution in [0.1, 0.15) is 30.9 Å². The van der Waals surface area contributed by atoms with E-state index in [0.717, 1.165) is 36.0 Å². The molecule has 1 fully saturated rings. The summed E-state index contributed by atoms with van der Waals surface area (Å²) in [6.45, 7) is 4.85. The number of hydrogen-bond acceptors (Lipinski definition) is 4. The normalized spacial score (nSPS) is 15.2. The van der Waals surface area contributed by atoms with Crippen LogP contribution in [-0.2, 0) is 17.8 Å². The Labute approximate surface area is 188 Å². The zero-order valence-electron chi connectivity index (χ0n) is 18.4. The highest BCUT2D eigenvalue weighted by Gasteiger charge is 2.23. The number of fused-ring (bicyclic) bond motifs is 1. The van der Waals surface area contributed by atoms with Gasteiger partial charge in [0.05, 0.1) is 30.5 Å². The first-order valence-corrected chi connectivity index (χ1v) is 11.1. The first kappa shape index (κ1) is 21.7. The minimum absolute atomic E-state index is 0.219. The lowest BCUT2D eigenvalue weighted by Crippen LogP contribution is -2.48. The molecule has 0 bridgehead atoms. The molecule has 2 aromatic carbocycles. The topological polar surface area (TPSA) is 97.8 Å². The van der Waals surface area contributed by atoms with Gasteiger partial charge in [-0.25, -0.2) is 14.8 Å². The fourth-order valence-electron chi connectivity index (χ4n) is 3.94. The van der Waals surface area contributed by atoms with Gasteiger partial charge in [-0.3, -0.25) is 0 Å². The number of piperidine rings is 1. The average molecular weight is 435 g/mol. The fourth-order valence-corrected chi connectivity index (χ4v) is 3.94. The van der Waals surface area contributed by atoms with Crippen LogP contribution in [-0.4, -0.2) is 52.2 Å². The molecule has 0 unspecified atom stereocenters. The van der Waals surface area contributed by atoms with Crippen molar-refractivity contribution < 1.29 is 9.53 Å². The number of aliphatic imine (C=N–C) groups is 1.